The zero-order valence-corrected chi connectivity index (χ0v) is 11.6. The molecule has 0 radical (unpaired) electrons. The Hall–Kier alpha value is -0.310. The molecule has 0 amide bonds. The van der Waals surface area contributed by atoms with Crippen molar-refractivity contribution < 1.29 is 4.39 Å². The predicted molar refractivity (Wildman–Crippen MR) is 72.3 cm³/mol. The van der Waals surface area contributed by atoms with Gasteiger partial charge in [-0.3, -0.25) is 0 Å². The quantitative estimate of drug-likeness (QED) is 0.530. The number of unbranched alkanes of at least 4 members (excludes halogenated alkanes) is 2. The van der Waals surface area contributed by atoms with E-state index in [9.17, 15) is 4.39 Å². The van der Waals surface area contributed by atoms with Gasteiger partial charge in [0, 0.05) is 17.4 Å². The third kappa shape index (κ3) is 5.71. The Labute approximate surface area is 113 Å². The zero-order valence-electron chi connectivity index (χ0n) is 10.1. The maximum absolute atomic E-state index is 12.9. The van der Waals surface area contributed by atoms with Crippen LogP contribution in [0.2, 0.25) is 5.02 Å². The van der Waals surface area contributed by atoms with E-state index in [-0.39, 0.29) is 5.82 Å². The fourth-order valence-electron chi connectivity index (χ4n) is 1.67. The SMILES string of the molecule is CN(CCCCCCl)Cc1ccc(F)cc1Cl. The van der Waals surface area contributed by atoms with E-state index in [1.54, 1.807) is 6.07 Å². The van der Waals surface area contributed by atoms with Gasteiger partial charge in [0.2, 0.25) is 0 Å². The molecule has 1 nitrogen and oxygen atoms in total. The summed E-state index contributed by atoms with van der Waals surface area (Å²) in [6, 6.07) is 4.55. The van der Waals surface area contributed by atoms with Gasteiger partial charge >= 0.3 is 0 Å². The molecule has 17 heavy (non-hydrogen) atoms. The third-order valence-corrected chi connectivity index (χ3v) is 3.25. The molecule has 0 fully saturated rings. The van der Waals surface area contributed by atoms with Gasteiger partial charge in [0.1, 0.15) is 5.82 Å². The van der Waals surface area contributed by atoms with Gasteiger partial charge in [-0.2, -0.15) is 0 Å². The molecule has 1 rings (SSSR count). The molecule has 0 saturated carbocycles. The van der Waals surface area contributed by atoms with E-state index in [1.165, 1.54) is 12.1 Å². The first-order valence-corrected chi connectivity index (χ1v) is 6.73. The van der Waals surface area contributed by atoms with Gasteiger partial charge in [-0.25, -0.2) is 4.39 Å². The second-order valence-corrected chi connectivity index (χ2v) is 5.01. The highest BCUT2D eigenvalue weighted by molar-refractivity contribution is 6.31. The zero-order chi connectivity index (χ0) is 12.7. The van der Waals surface area contributed by atoms with Crippen molar-refractivity contribution in [3.8, 4) is 0 Å². The van der Waals surface area contributed by atoms with Gasteiger partial charge in [-0.05, 0) is 44.1 Å². The van der Waals surface area contributed by atoms with Crippen LogP contribution in [0.1, 0.15) is 24.8 Å². The minimum Gasteiger partial charge on any atom is -0.302 e. The van der Waals surface area contributed by atoms with Crippen LogP contribution in [-0.2, 0) is 6.54 Å². The number of alkyl halides is 1. The summed E-state index contributed by atoms with van der Waals surface area (Å²) < 4.78 is 12.9. The lowest BCUT2D eigenvalue weighted by atomic mass is 10.2. The van der Waals surface area contributed by atoms with E-state index in [2.05, 4.69) is 4.90 Å². The molecule has 4 heteroatoms. The lowest BCUT2D eigenvalue weighted by Crippen LogP contribution is -2.19. The second-order valence-electron chi connectivity index (χ2n) is 4.22. The average Bonchev–Trinajstić information content (AvgIpc) is 2.28. The molecule has 0 saturated heterocycles. The van der Waals surface area contributed by atoms with Crippen LogP contribution in [0.25, 0.3) is 0 Å². The highest BCUT2D eigenvalue weighted by Gasteiger charge is 2.05. The Morgan fingerprint density at radius 2 is 2.00 bits per heavy atom. The maximum Gasteiger partial charge on any atom is 0.124 e. The van der Waals surface area contributed by atoms with Crippen molar-refractivity contribution in [1.29, 1.82) is 0 Å². The van der Waals surface area contributed by atoms with Crippen LogP contribution in [0.4, 0.5) is 4.39 Å². The minimum absolute atomic E-state index is 0.288. The summed E-state index contributed by atoms with van der Waals surface area (Å²) in [6.07, 6.45) is 3.33. The van der Waals surface area contributed by atoms with Gasteiger partial charge in [0.25, 0.3) is 0 Å². The van der Waals surface area contributed by atoms with E-state index in [1.807, 2.05) is 7.05 Å². The van der Waals surface area contributed by atoms with Gasteiger partial charge < -0.3 is 4.90 Å². The predicted octanol–water partition coefficient (Wildman–Crippen LogP) is 4.32. The Bertz CT molecular complexity index is 344. The van der Waals surface area contributed by atoms with Crippen molar-refractivity contribution >= 4 is 23.2 Å². The topological polar surface area (TPSA) is 3.24 Å². The van der Waals surface area contributed by atoms with Crippen LogP contribution in [0.3, 0.4) is 0 Å². The largest absolute Gasteiger partial charge is 0.302 e. The van der Waals surface area contributed by atoms with Gasteiger partial charge in [0.05, 0.1) is 0 Å². The normalized spacial score (nSPS) is 11.1. The Kier molecular flexibility index (Phi) is 6.86. The molecular weight excluding hydrogens is 260 g/mol. The Morgan fingerprint density at radius 1 is 1.24 bits per heavy atom. The molecule has 0 atom stereocenters. The molecule has 0 aliphatic carbocycles. The summed E-state index contributed by atoms with van der Waals surface area (Å²) in [7, 11) is 2.04. The molecule has 1 aromatic rings. The van der Waals surface area contributed by atoms with E-state index in [4.69, 9.17) is 23.2 Å². The van der Waals surface area contributed by atoms with E-state index in [0.717, 1.165) is 43.8 Å². The Morgan fingerprint density at radius 3 is 2.65 bits per heavy atom. The summed E-state index contributed by atoms with van der Waals surface area (Å²) in [5.41, 5.74) is 0.966. The summed E-state index contributed by atoms with van der Waals surface area (Å²) in [5, 5.41) is 0.498. The first-order valence-electron chi connectivity index (χ1n) is 5.82. The molecule has 0 heterocycles. The van der Waals surface area contributed by atoms with Crippen LogP contribution < -0.4 is 0 Å². The van der Waals surface area contributed by atoms with Crippen molar-refractivity contribution in [2.75, 3.05) is 19.5 Å². The minimum atomic E-state index is -0.288. The summed E-state index contributed by atoms with van der Waals surface area (Å²) in [4.78, 5) is 2.19. The lowest BCUT2D eigenvalue weighted by Gasteiger charge is -2.17. The van der Waals surface area contributed by atoms with Crippen molar-refractivity contribution in [2.45, 2.75) is 25.8 Å². The second kappa shape index (κ2) is 7.91. The molecule has 0 spiro atoms. The van der Waals surface area contributed by atoms with Crippen LogP contribution >= 0.6 is 23.2 Å². The number of hydrogen-bond donors (Lipinski definition) is 0. The first kappa shape index (κ1) is 14.7. The maximum atomic E-state index is 12.9. The number of benzene rings is 1. The molecular formula is C13H18Cl2FN. The Balaban J connectivity index is 2.37. The van der Waals surface area contributed by atoms with Gasteiger partial charge in [-0.15, -0.1) is 11.6 Å². The summed E-state index contributed by atoms with van der Waals surface area (Å²) in [6.45, 7) is 1.75. The molecule has 0 unspecified atom stereocenters. The van der Waals surface area contributed by atoms with Crippen molar-refractivity contribution in [2.24, 2.45) is 0 Å². The summed E-state index contributed by atoms with van der Waals surface area (Å²) >= 11 is 11.6. The highest BCUT2D eigenvalue weighted by atomic mass is 35.5. The third-order valence-electron chi connectivity index (χ3n) is 2.63. The molecule has 0 aliphatic rings. The van der Waals surface area contributed by atoms with Crippen molar-refractivity contribution in [3.63, 3.8) is 0 Å². The number of hydrogen-bond acceptors (Lipinski definition) is 1. The summed E-state index contributed by atoms with van der Waals surface area (Å²) in [5.74, 6) is 0.441. The van der Waals surface area contributed by atoms with E-state index < -0.39 is 0 Å². The molecule has 0 aliphatic heterocycles. The monoisotopic (exact) mass is 277 g/mol. The van der Waals surface area contributed by atoms with E-state index >= 15 is 0 Å². The van der Waals surface area contributed by atoms with Crippen molar-refractivity contribution in [3.05, 3.63) is 34.6 Å². The van der Waals surface area contributed by atoms with E-state index in [0.29, 0.717) is 5.02 Å². The number of rotatable bonds is 7. The molecule has 1 aromatic carbocycles. The first-order chi connectivity index (χ1) is 8.13. The number of nitrogens with zero attached hydrogens (tertiary/aromatic N) is 1. The molecule has 96 valence electrons. The number of halogens is 3. The molecule has 0 N–H and O–H groups in total. The van der Waals surface area contributed by atoms with Crippen LogP contribution in [-0.4, -0.2) is 24.4 Å². The lowest BCUT2D eigenvalue weighted by molar-refractivity contribution is 0.318. The highest BCUT2D eigenvalue weighted by Crippen LogP contribution is 2.18. The van der Waals surface area contributed by atoms with Crippen LogP contribution in [0, 0.1) is 5.82 Å². The average molecular weight is 278 g/mol. The van der Waals surface area contributed by atoms with Gasteiger partial charge in [-0.1, -0.05) is 24.1 Å². The standard InChI is InChI=1S/C13H18Cl2FN/c1-17(8-4-2-3-7-14)10-11-5-6-12(16)9-13(11)15/h5-6,9H,2-4,7-8,10H2,1H3. The van der Waals surface area contributed by atoms with Crippen molar-refractivity contribution in [1.82, 2.24) is 4.90 Å². The molecule has 0 aromatic heterocycles. The smallest absolute Gasteiger partial charge is 0.124 e. The van der Waals surface area contributed by atoms with Crippen LogP contribution in [0.15, 0.2) is 18.2 Å². The fraction of sp³-hybridized carbons (Fsp3) is 0.538. The van der Waals surface area contributed by atoms with Crippen LogP contribution in [0.5, 0.6) is 0 Å². The fourth-order valence-corrected chi connectivity index (χ4v) is 2.09. The molecule has 0 bridgehead atoms. The van der Waals surface area contributed by atoms with Gasteiger partial charge in [0.15, 0.2) is 0 Å².